The van der Waals surface area contributed by atoms with Gasteiger partial charge in [0.2, 0.25) is 0 Å². The number of benzene rings is 3. The second-order valence-corrected chi connectivity index (χ2v) is 6.70. The van der Waals surface area contributed by atoms with Crippen molar-refractivity contribution < 1.29 is 13.6 Å². The molecule has 0 aliphatic rings. The summed E-state index contributed by atoms with van der Waals surface area (Å²) in [6, 6.07) is 14.3. The molecular weight excluding hydrogens is 360 g/mol. The lowest BCUT2D eigenvalue weighted by Crippen LogP contribution is -2.12. The molecule has 2 N–H and O–H groups in total. The van der Waals surface area contributed by atoms with Gasteiger partial charge >= 0.3 is 0 Å². The van der Waals surface area contributed by atoms with Crippen LogP contribution in [-0.4, -0.2) is 15.9 Å². The molecule has 0 unspecified atom stereocenters. The van der Waals surface area contributed by atoms with E-state index in [9.17, 15) is 13.6 Å². The summed E-state index contributed by atoms with van der Waals surface area (Å²) in [7, 11) is 0. The Morgan fingerprint density at radius 1 is 0.929 bits per heavy atom. The summed E-state index contributed by atoms with van der Waals surface area (Å²) < 4.78 is 26.3. The number of carbonyl (C=O) groups excluding carboxylic acids is 1. The highest BCUT2D eigenvalue weighted by Crippen LogP contribution is 2.24. The Morgan fingerprint density at radius 3 is 2.36 bits per heavy atom. The first-order valence-electron chi connectivity index (χ1n) is 8.74. The van der Waals surface area contributed by atoms with Crippen molar-refractivity contribution in [1.29, 1.82) is 0 Å². The van der Waals surface area contributed by atoms with Crippen molar-refractivity contribution in [1.82, 2.24) is 9.97 Å². The number of amides is 1. The lowest BCUT2D eigenvalue weighted by atomic mass is 10.1. The molecular formula is C22H17F2N3O. The molecule has 1 amide bonds. The number of rotatable bonds is 3. The Morgan fingerprint density at radius 2 is 1.64 bits per heavy atom. The minimum Gasteiger partial charge on any atom is -0.338 e. The molecule has 6 heteroatoms. The monoisotopic (exact) mass is 377 g/mol. The van der Waals surface area contributed by atoms with Crippen LogP contribution in [-0.2, 0) is 0 Å². The highest BCUT2D eigenvalue weighted by atomic mass is 19.2. The van der Waals surface area contributed by atoms with Gasteiger partial charge in [0.05, 0.1) is 11.0 Å². The molecule has 4 aromatic rings. The number of aryl methyl sites for hydroxylation is 2. The van der Waals surface area contributed by atoms with Gasteiger partial charge in [0.25, 0.3) is 5.91 Å². The van der Waals surface area contributed by atoms with Crippen LogP contribution >= 0.6 is 0 Å². The summed E-state index contributed by atoms with van der Waals surface area (Å²) in [5, 5.41) is 2.67. The molecule has 0 aliphatic heterocycles. The number of anilines is 1. The average molecular weight is 377 g/mol. The summed E-state index contributed by atoms with van der Waals surface area (Å²) in [5.74, 6) is -1.82. The van der Waals surface area contributed by atoms with E-state index in [1.54, 1.807) is 12.1 Å². The van der Waals surface area contributed by atoms with Crippen molar-refractivity contribution in [3.05, 3.63) is 82.9 Å². The highest BCUT2D eigenvalue weighted by Gasteiger charge is 2.11. The third-order valence-electron chi connectivity index (χ3n) is 4.70. The quantitative estimate of drug-likeness (QED) is 0.504. The highest BCUT2D eigenvalue weighted by molar-refractivity contribution is 6.04. The largest absolute Gasteiger partial charge is 0.338 e. The molecule has 140 valence electrons. The average Bonchev–Trinajstić information content (AvgIpc) is 3.07. The summed E-state index contributed by atoms with van der Waals surface area (Å²) in [6.45, 7) is 4.10. The zero-order chi connectivity index (χ0) is 19.8. The zero-order valence-corrected chi connectivity index (χ0v) is 15.3. The maximum absolute atomic E-state index is 13.3. The lowest BCUT2D eigenvalue weighted by molar-refractivity contribution is 0.102. The number of nitrogens with one attached hydrogen (secondary N) is 2. The molecule has 0 fully saturated rings. The van der Waals surface area contributed by atoms with Crippen molar-refractivity contribution in [2.24, 2.45) is 0 Å². The molecule has 0 atom stereocenters. The smallest absolute Gasteiger partial charge is 0.255 e. The summed E-state index contributed by atoms with van der Waals surface area (Å²) in [6.07, 6.45) is 0. The van der Waals surface area contributed by atoms with Crippen LogP contribution in [0.25, 0.3) is 22.4 Å². The molecule has 1 heterocycles. The van der Waals surface area contributed by atoms with Gasteiger partial charge in [-0.05, 0) is 79.6 Å². The Hall–Kier alpha value is -3.54. The molecule has 4 nitrogen and oxygen atoms in total. The van der Waals surface area contributed by atoms with Crippen molar-refractivity contribution >= 4 is 22.6 Å². The van der Waals surface area contributed by atoms with Crippen LogP contribution in [0.1, 0.15) is 21.5 Å². The fourth-order valence-corrected chi connectivity index (χ4v) is 2.96. The first kappa shape index (κ1) is 17.9. The predicted molar refractivity (Wildman–Crippen MR) is 105 cm³/mol. The van der Waals surface area contributed by atoms with Crippen LogP contribution in [0.5, 0.6) is 0 Å². The van der Waals surface area contributed by atoms with E-state index in [0.717, 1.165) is 34.6 Å². The number of carbonyl (C=O) groups is 1. The molecule has 0 bridgehead atoms. The number of nitrogens with zero attached hydrogens (tertiary/aromatic N) is 1. The maximum atomic E-state index is 13.3. The van der Waals surface area contributed by atoms with Crippen LogP contribution in [0.15, 0.2) is 54.6 Å². The van der Waals surface area contributed by atoms with E-state index in [1.807, 2.05) is 25.1 Å². The van der Waals surface area contributed by atoms with Crippen LogP contribution in [0.4, 0.5) is 14.5 Å². The van der Waals surface area contributed by atoms with Gasteiger partial charge in [-0.15, -0.1) is 0 Å². The second-order valence-electron chi connectivity index (χ2n) is 6.70. The molecule has 4 rings (SSSR count). The number of H-pyrrole nitrogens is 1. The topological polar surface area (TPSA) is 57.8 Å². The Bertz CT molecular complexity index is 1160. The third kappa shape index (κ3) is 3.36. The van der Waals surface area contributed by atoms with Gasteiger partial charge in [-0.25, -0.2) is 13.8 Å². The number of fused-ring (bicyclic) bond motifs is 1. The van der Waals surface area contributed by atoms with Crippen molar-refractivity contribution in [3.63, 3.8) is 0 Å². The summed E-state index contributed by atoms with van der Waals surface area (Å²) in [5.41, 5.74) is 5.70. The number of aromatic nitrogens is 2. The molecule has 28 heavy (non-hydrogen) atoms. The van der Waals surface area contributed by atoms with E-state index in [2.05, 4.69) is 28.3 Å². The Labute approximate surface area is 160 Å². The van der Waals surface area contributed by atoms with Gasteiger partial charge in [-0.2, -0.15) is 0 Å². The van der Waals surface area contributed by atoms with E-state index in [4.69, 9.17) is 0 Å². The first-order chi connectivity index (χ1) is 13.4. The first-order valence-corrected chi connectivity index (χ1v) is 8.74. The lowest BCUT2D eigenvalue weighted by Gasteiger charge is -2.06. The number of hydrogen-bond donors (Lipinski definition) is 2. The maximum Gasteiger partial charge on any atom is 0.255 e. The van der Waals surface area contributed by atoms with E-state index in [0.29, 0.717) is 5.69 Å². The van der Waals surface area contributed by atoms with Crippen LogP contribution < -0.4 is 5.32 Å². The van der Waals surface area contributed by atoms with Crippen LogP contribution in [0.3, 0.4) is 0 Å². The normalized spacial score (nSPS) is 11.0. The van der Waals surface area contributed by atoms with Crippen molar-refractivity contribution in [3.8, 4) is 11.4 Å². The van der Waals surface area contributed by atoms with Gasteiger partial charge in [0.15, 0.2) is 11.6 Å². The minimum absolute atomic E-state index is 0.0472. The number of aromatic amines is 1. The molecule has 1 aromatic heterocycles. The molecule has 0 spiro atoms. The van der Waals surface area contributed by atoms with Crippen LogP contribution in [0.2, 0.25) is 0 Å². The molecule has 0 saturated heterocycles. The Balaban J connectivity index is 1.55. The third-order valence-corrected chi connectivity index (χ3v) is 4.70. The van der Waals surface area contributed by atoms with Gasteiger partial charge in [0, 0.05) is 16.8 Å². The van der Waals surface area contributed by atoms with E-state index < -0.39 is 17.5 Å². The molecule has 3 aromatic carbocycles. The van der Waals surface area contributed by atoms with E-state index >= 15 is 0 Å². The zero-order valence-electron chi connectivity index (χ0n) is 15.3. The van der Waals surface area contributed by atoms with Crippen LogP contribution in [0, 0.1) is 25.5 Å². The summed E-state index contributed by atoms with van der Waals surface area (Å²) in [4.78, 5) is 20.1. The number of imidazole rings is 1. The van der Waals surface area contributed by atoms with E-state index in [1.165, 1.54) is 17.2 Å². The molecule has 0 saturated carbocycles. The van der Waals surface area contributed by atoms with E-state index in [-0.39, 0.29) is 5.56 Å². The van der Waals surface area contributed by atoms with Gasteiger partial charge in [-0.1, -0.05) is 0 Å². The molecule has 0 aliphatic carbocycles. The Kier molecular flexibility index (Phi) is 4.39. The van der Waals surface area contributed by atoms with Crippen molar-refractivity contribution in [2.75, 3.05) is 5.32 Å². The van der Waals surface area contributed by atoms with Gasteiger partial charge in [-0.3, -0.25) is 4.79 Å². The standard InChI is InChI=1S/C22H17F2N3O/c1-12-9-19-20(10-13(12)2)27-21(26-19)14-3-6-16(7-4-14)25-22(28)15-5-8-17(23)18(24)11-15/h3-11H,1-2H3,(H,25,28)(H,26,27). The number of hydrogen-bond acceptors (Lipinski definition) is 2. The minimum atomic E-state index is -1.06. The molecule has 0 radical (unpaired) electrons. The van der Waals surface area contributed by atoms with Crippen molar-refractivity contribution in [2.45, 2.75) is 13.8 Å². The number of halogens is 2. The second kappa shape index (κ2) is 6.88. The fraction of sp³-hybridized carbons (Fsp3) is 0.0909. The SMILES string of the molecule is Cc1cc2nc(-c3ccc(NC(=O)c4ccc(F)c(F)c4)cc3)[nH]c2cc1C. The summed E-state index contributed by atoms with van der Waals surface area (Å²) >= 11 is 0. The predicted octanol–water partition coefficient (Wildman–Crippen LogP) is 5.38. The van der Waals surface area contributed by atoms with Gasteiger partial charge < -0.3 is 10.3 Å². The van der Waals surface area contributed by atoms with Gasteiger partial charge in [0.1, 0.15) is 5.82 Å². The fourth-order valence-electron chi connectivity index (χ4n) is 2.96.